The lowest BCUT2D eigenvalue weighted by Gasteiger charge is -2.31. The van der Waals surface area contributed by atoms with Crippen molar-refractivity contribution >= 4 is 22.0 Å². The van der Waals surface area contributed by atoms with Crippen LogP contribution in [0.3, 0.4) is 0 Å². The van der Waals surface area contributed by atoms with Crippen molar-refractivity contribution in [1.29, 1.82) is 0 Å². The molecule has 106 valence electrons. The maximum absolute atomic E-state index is 5.84. The van der Waals surface area contributed by atoms with Crippen molar-refractivity contribution in [2.75, 3.05) is 37.0 Å². The molecular weight excluding hydrogens is 268 g/mol. The number of fused-ring (bicyclic) bond motifs is 1. The molecule has 1 aromatic heterocycles. The molecule has 3 rings (SSSR count). The first-order valence-electron chi connectivity index (χ1n) is 7.11. The van der Waals surface area contributed by atoms with Crippen LogP contribution in [0.25, 0.3) is 10.4 Å². The van der Waals surface area contributed by atoms with E-state index in [2.05, 4.69) is 47.5 Å². The standard InChI is InChI=1S/C16H20N2OS/c1-3-8-18-9-10-19-14-11-12(4-5-13(14)18)15-6-7-16(17-2)20-15/h4-7,11,17H,3,8-10H2,1-2H3. The zero-order valence-corrected chi connectivity index (χ0v) is 12.8. The summed E-state index contributed by atoms with van der Waals surface area (Å²) in [5.41, 5.74) is 2.46. The van der Waals surface area contributed by atoms with Gasteiger partial charge in [-0.1, -0.05) is 13.0 Å². The van der Waals surface area contributed by atoms with Crippen molar-refractivity contribution in [3.05, 3.63) is 30.3 Å². The Morgan fingerprint density at radius 2 is 2.20 bits per heavy atom. The number of rotatable bonds is 4. The second-order valence-electron chi connectivity index (χ2n) is 4.93. The molecule has 0 radical (unpaired) electrons. The van der Waals surface area contributed by atoms with Gasteiger partial charge in [0, 0.05) is 18.5 Å². The normalized spacial score (nSPS) is 13.8. The average Bonchev–Trinajstić information content (AvgIpc) is 2.96. The Hall–Kier alpha value is -1.68. The van der Waals surface area contributed by atoms with Crippen LogP contribution in [0.15, 0.2) is 30.3 Å². The molecule has 2 aromatic rings. The molecule has 0 saturated carbocycles. The van der Waals surface area contributed by atoms with Crippen molar-refractivity contribution in [3.8, 4) is 16.2 Å². The van der Waals surface area contributed by atoms with Crippen LogP contribution in [0.4, 0.5) is 10.7 Å². The first-order valence-corrected chi connectivity index (χ1v) is 7.93. The Labute approximate surface area is 124 Å². The van der Waals surface area contributed by atoms with E-state index in [0.717, 1.165) is 31.9 Å². The van der Waals surface area contributed by atoms with Gasteiger partial charge in [-0.15, -0.1) is 11.3 Å². The van der Waals surface area contributed by atoms with E-state index >= 15 is 0 Å². The van der Waals surface area contributed by atoms with Gasteiger partial charge >= 0.3 is 0 Å². The smallest absolute Gasteiger partial charge is 0.143 e. The Bertz CT molecular complexity index is 594. The minimum atomic E-state index is 0.780. The van der Waals surface area contributed by atoms with Crippen molar-refractivity contribution in [3.63, 3.8) is 0 Å². The predicted octanol–water partition coefficient (Wildman–Crippen LogP) is 4.07. The highest BCUT2D eigenvalue weighted by atomic mass is 32.1. The molecule has 0 amide bonds. The number of hydrogen-bond donors (Lipinski definition) is 1. The van der Waals surface area contributed by atoms with Gasteiger partial charge in [-0.05, 0) is 36.2 Å². The van der Waals surface area contributed by atoms with Crippen LogP contribution in [0.1, 0.15) is 13.3 Å². The summed E-state index contributed by atoms with van der Waals surface area (Å²) >= 11 is 1.77. The van der Waals surface area contributed by atoms with Gasteiger partial charge in [0.15, 0.2) is 0 Å². The molecule has 0 spiro atoms. The van der Waals surface area contributed by atoms with E-state index in [9.17, 15) is 0 Å². The summed E-state index contributed by atoms with van der Waals surface area (Å²) < 4.78 is 5.84. The Morgan fingerprint density at radius 1 is 1.30 bits per heavy atom. The highest BCUT2D eigenvalue weighted by Gasteiger charge is 2.18. The van der Waals surface area contributed by atoms with E-state index < -0.39 is 0 Å². The number of benzene rings is 1. The lowest BCUT2D eigenvalue weighted by Crippen LogP contribution is -2.33. The summed E-state index contributed by atoms with van der Waals surface area (Å²) in [4.78, 5) is 3.68. The Morgan fingerprint density at radius 3 is 2.95 bits per heavy atom. The summed E-state index contributed by atoms with van der Waals surface area (Å²) in [7, 11) is 1.95. The number of ether oxygens (including phenoxy) is 1. The quantitative estimate of drug-likeness (QED) is 0.918. The third-order valence-corrected chi connectivity index (χ3v) is 4.70. The van der Waals surface area contributed by atoms with Crippen LogP contribution in [0.2, 0.25) is 0 Å². The van der Waals surface area contributed by atoms with E-state index in [-0.39, 0.29) is 0 Å². The first kappa shape index (κ1) is 13.3. The molecule has 0 aliphatic carbocycles. The van der Waals surface area contributed by atoms with Gasteiger partial charge in [-0.3, -0.25) is 0 Å². The zero-order valence-electron chi connectivity index (χ0n) is 12.0. The summed E-state index contributed by atoms with van der Waals surface area (Å²) in [6.45, 7) is 5.08. The molecule has 0 unspecified atom stereocenters. The molecule has 1 aliphatic heterocycles. The number of thiophene rings is 1. The first-order chi connectivity index (χ1) is 9.81. The van der Waals surface area contributed by atoms with Crippen LogP contribution in [-0.2, 0) is 0 Å². The number of hydrogen-bond acceptors (Lipinski definition) is 4. The summed E-state index contributed by atoms with van der Waals surface area (Å²) in [6.07, 6.45) is 1.16. The van der Waals surface area contributed by atoms with Crippen LogP contribution < -0.4 is 15.0 Å². The van der Waals surface area contributed by atoms with E-state index in [1.165, 1.54) is 21.1 Å². The lowest BCUT2D eigenvalue weighted by atomic mass is 10.1. The molecular formula is C16H20N2OS. The van der Waals surface area contributed by atoms with Gasteiger partial charge in [0.05, 0.1) is 17.2 Å². The van der Waals surface area contributed by atoms with Crippen LogP contribution in [-0.4, -0.2) is 26.7 Å². The third-order valence-electron chi connectivity index (χ3n) is 3.55. The fourth-order valence-corrected chi connectivity index (χ4v) is 3.42. The minimum absolute atomic E-state index is 0.780. The van der Waals surface area contributed by atoms with Gasteiger partial charge in [0.25, 0.3) is 0 Å². The predicted molar refractivity (Wildman–Crippen MR) is 87.3 cm³/mol. The monoisotopic (exact) mass is 288 g/mol. The van der Waals surface area contributed by atoms with E-state index in [1.54, 1.807) is 11.3 Å². The van der Waals surface area contributed by atoms with Crippen molar-refractivity contribution < 1.29 is 4.74 Å². The van der Waals surface area contributed by atoms with E-state index in [4.69, 9.17) is 4.74 Å². The second kappa shape index (κ2) is 5.75. The summed E-state index contributed by atoms with van der Waals surface area (Å²) in [6, 6.07) is 10.8. The van der Waals surface area contributed by atoms with Gasteiger partial charge in [-0.2, -0.15) is 0 Å². The van der Waals surface area contributed by atoms with E-state index in [1.807, 2.05) is 7.05 Å². The molecule has 1 N–H and O–H groups in total. The topological polar surface area (TPSA) is 24.5 Å². The van der Waals surface area contributed by atoms with Gasteiger partial charge < -0.3 is 15.0 Å². The van der Waals surface area contributed by atoms with Crippen molar-refractivity contribution in [2.45, 2.75) is 13.3 Å². The van der Waals surface area contributed by atoms with Crippen LogP contribution in [0, 0.1) is 0 Å². The molecule has 20 heavy (non-hydrogen) atoms. The second-order valence-corrected chi connectivity index (χ2v) is 6.02. The lowest BCUT2D eigenvalue weighted by molar-refractivity contribution is 0.307. The van der Waals surface area contributed by atoms with Crippen LogP contribution in [0.5, 0.6) is 5.75 Å². The van der Waals surface area contributed by atoms with Crippen molar-refractivity contribution in [1.82, 2.24) is 0 Å². The van der Waals surface area contributed by atoms with Gasteiger partial charge in [0.2, 0.25) is 0 Å². The summed E-state index contributed by atoms with van der Waals surface area (Å²) in [5.74, 6) is 1.02. The minimum Gasteiger partial charge on any atom is -0.490 e. The maximum Gasteiger partial charge on any atom is 0.143 e. The number of nitrogens with zero attached hydrogens (tertiary/aromatic N) is 1. The Kier molecular flexibility index (Phi) is 3.83. The molecule has 0 saturated heterocycles. The van der Waals surface area contributed by atoms with Crippen LogP contribution >= 0.6 is 11.3 Å². The molecule has 0 bridgehead atoms. The molecule has 4 heteroatoms. The van der Waals surface area contributed by atoms with Gasteiger partial charge in [-0.25, -0.2) is 0 Å². The Balaban J connectivity index is 1.92. The molecule has 1 aliphatic rings. The molecule has 1 aromatic carbocycles. The van der Waals surface area contributed by atoms with E-state index in [0.29, 0.717) is 0 Å². The fourth-order valence-electron chi connectivity index (χ4n) is 2.56. The molecule has 2 heterocycles. The van der Waals surface area contributed by atoms with Gasteiger partial charge in [0.1, 0.15) is 12.4 Å². The number of nitrogens with one attached hydrogen (secondary N) is 1. The third kappa shape index (κ3) is 2.48. The summed E-state index contributed by atoms with van der Waals surface area (Å²) in [5, 5.41) is 4.37. The van der Waals surface area contributed by atoms with Crippen molar-refractivity contribution in [2.24, 2.45) is 0 Å². The zero-order chi connectivity index (χ0) is 13.9. The average molecular weight is 288 g/mol. The highest BCUT2D eigenvalue weighted by Crippen LogP contribution is 2.38. The fraction of sp³-hybridized carbons (Fsp3) is 0.375. The SMILES string of the molecule is CCCN1CCOc2cc(-c3ccc(NC)s3)ccc21. The molecule has 3 nitrogen and oxygen atoms in total. The maximum atomic E-state index is 5.84. The highest BCUT2D eigenvalue weighted by molar-refractivity contribution is 7.19. The number of anilines is 2. The molecule has 0 atom stereocenters. The largest absolute Gasteiger partial charge is 0.490 e. The molecule has 0 fully saturated rings.